The van der Waals surface area contributed by atoms with E-state index in [1.807, 2.05) is 25.1 Å². The summed E-state index contributed by atoms with van der Waals surface area (Å²) in [6.07, 6.45) is 3.52. The highest BCUT2D eigenvalue weighted by atomic mass is 16.5. The number of anilines is 1. The zero-order chi connectivity index (χ0) is 21.5. The van der Waals surface area contributed by atoms with Crippen molar-refractivity contribution in [3.63, 3.8) is 0 Å². The minimum Gasteiger partial charge on any atom is -0.490 e. The number of aromatic nitrogens is 4. The topological polar surface area (TPSA) is 100 Å². The molecule has 1 aromatic heterocycles. The normalized spacial score (nSPS) is 15.2. The number of benzene rings is 1. The van der Waals surface area contributed by atoms with Crippen molar-refractivity contribution in [3.8, 4) is 11.5 Å². The van der Waals surface area contributed by atoms with Gasteiger partial charge in [-0.15, -0.1) is 0 Å². The molecule has 30 heavy (non-hydrogen) atoms. The second-order valence-corrected chi connectivity index (χ2v) is 6.74. The maximum atomic E-state index is 12.8. The highest BCUT2D eigenvalue weighted by molar-refractivity contribution is 5.92. The molecule has 1 aromatic carbocycles. The quantitative estimate of drug-likeness (QED) is 0.360. The molecule has 2 aromatic rings. The van der Waals surface area contributed by atoms with Gasteiger partial charge in [0.05, 0.1) is 18.8 Å². The number of tetrazole rings is 1. The summed E-state index contributed by atoms with van der Waals surface area (Å²) in [5.74, 6) is 1.25. The molecule has 1 N–H and O–H groups in total. The summed E-state index contributed by atoms with van der Waals surface area (Å²) < 4.78 is 18.6. The Morgan fingerprint density at radius 3 is 2.87 bits per heavy atom. The summed E-state index contributed by atoms with van der Waals surface area (Å²) in [5, 5.41) is 14.9. The number of hydrogen-bond donors (Lipinski definition) is 1. The molecule has 160 valence electrons. The molecule has 0 bridgehead atoms. The monoisotopic (exact) mass is 413 g/mol. The predicted octanol–water partition coefficient (Wildman–Crippen LogP) is 3.27. The number of carbonyl (C=O) groups excluding carboxylic acids is 1. The lowest BCUT2D eigenvalue weighted by Crippen LogP contribution is -2.29. The standard InChI is InChI=1S/C21H27N5O4/c1-5-8-12-29-16-10-9-15(13-17(16)28-7-3)19-18(20(27)30-11-6-2)14(4)22-21-23-24-25-26(19)21/h6,9-10,13,19H,2,5,7-8,11-12H2,1,3-4H3,(H,22,23,25). The summed E-state index contributed by atoms with van der Waals surface area (Å²) in [6, 6.07) is 5.03. The fourth-order valence-electron chi connectivity index (χ4n) is 3.21. The van der Waals surface area contributed by atoms with Crippen LogP contribution in [0.15, 0.2) is 42.1 Å². The Morgan fingerprint density at radius 1 is 1.30 bits per heavy atom. The zero-order valence-corrected chi connectivity index (χ0v) is 17.6. The number of carbonyl (C=O) groups is 1. The van der Waals surface area contributed by atoms with E-state index in [2.05, 4.69) is 34.3 Å². The van der Waals surface area contributed by atoms with E-state index in [9.17, 15) is 4.79 Å². The Hall–Kier alpha value is -3.36. The minimum atomic E-state index is -0.572. The molecule has 1 atom stereocenters. The van der Waals surface area contributed by atoms with Gasteiger partial charge >= 0.3 is 5.97 Å². The van der Waals surface area contributed by atoms with Crippen LogP contribution >= 0.6 is 0 Å². The molecule has 1 aliphatic rings. The van der Waals surface area contributed by atoms with Gasteiger partial charge in [0.1, 0.15) is 12.6 Å². The van der Waals surface area contributed by atoms with E-state index in [1.54, 1.807) is 11.6 Å². The van der Waals surface area contributed by atoms with Crippen LogP contribution in [0.3, 0.4) is 0 Å². The number of nitrogens with zero attached hydrogens (tertiary/aromatic N) is 4. The lowest BCUT2D eigenvalue weighted by Gasteiger charge is -2.27. The van der Waals surface area contributed by atoms with Crippen molar-refractivity contribution in [1.29, 1.82) is 0 Å². The fourth-order valence-corrected chi connectivity index (χ4v) is 3.21. The second kappa shape index (κ2) is 9.91. The second-order valence-electron chi connectivity index (χ2n) is 6.74. The lowest BCUT2D eigenvalue weighted by molar-refractivity contribution is -0.138. The van der Waals surface area contributed by atoms with E-state index in [1.165, 1.54) is 6.08 Å². The molecule has 9 nitrogen and oxygen atoms in total. The van der Waals surface area contributed by atoms with Crippen LogP contribution in [0, 0.1) is 0 Å². The van der Waals surface area contributed by atoms with Crippen LogP contribution in [-0.4, -0.2) is 46.0 Å². The van der Waals surface area contributed by atoms with Crippen molar-refractivity contribution in [2.75, 3.05) is 25.1 Å². The zero-order valence-electron chi connectivity index (χ0n) is 17.6. The van der Waals surface area contributed by atoms with Gasteiger partial charge in [-0.05, 0) is 48.4 Å². The van der Waals surface area contributed by atoms with Crippen LogP contribution in [0.5, 0.6) is 11.5 Å². The first-order valence-corrected chi connectivity index (χ1v) is 10.0. The molecule has 0 saturated carbocycles. The van der Waals surface area contributed by atoms with Gasteiger partial charge in [-0.3, -0.25) is 0 Å². The Labute approximate surface area is 175 Å². The van der Waals surface area contributed by atoms with Gasteiger partial charge in [-0.2, -0.15) is 4.68 Å². The molecule has 2 heterocycles. The smallest absolute Gasteiger partial charge is 0.338 e. The minimum absolute atomic E-state index is 0.110. The summed E-state index contributed by atoms with van der Waals surface area (Å²) >= 11 is 0. The first-order chi connectivity index (χ1) is 14.6. The largest absolute Gasteiger partial charge is 0.490 e. The Bertz CT molecular complexity index is 937. The van der Waals surface area contributed by atoms with Crippen molar-refractivity contribution in [3.05, 3.63) is 47.7 Å². The lowest BCUT2D eigenvalue weighted by atomic mass is 9.95. The third-order valence-electron chi connectivity index (χ3n) is 4.61. The number of unbranched alkanes of at least 4 members (excludes halogenated alkanes) is 1. The molecule has 9 heteroatoms. The maximum Gasteiger partial charge on any atom is 0.338 e. The fraction of sp³-hybridized carbons (Fsp3) is 0.429. The van der Waals surface area contributed by atoms with Crippen molar-refractivity contribution in [2.45, 2.75) is 39.7 Å². The summed E-state index contributed by atoms with van der Waals surface area (Å²) in [5.41, 5.74) is 1.82. The van der Waals surface area contributed by atoms with E-state index in [4.69, 9.17) is 14.2 Å². The van der Waals surface area contributed by atoms with Crippen LogP contribution in [0.4, 0.5) is 5.95 Å². The third kappa shape index (κ3) is 4.45. The van der Waals surface area contributed by atoms with Crippen molar-refractivity contribution in [2.24, 2.45) is 0 Å². The number of hydrogen-bond acceptors (Lipinski definition) is 8. The first kappa shape index (κ1) is 21.4. The summed E-state index contributed by atoms with van der Waals surface area (Å²) in [6.45, 7) is 10.6. The number of ether oxygens (including phenoxy) is 3. The van der Waals surface area contributed by atoms with Crippen LogP contribution in [-0.2, 0) is 9.53 Å². The molecule has 0 saturated heterocycles. The van der Waals surface area contributed by atoms with E-state index in [-0.39, 0.29) is 6.61 Å². The summed E-state index contributed by atoms with van der Waals surface area (Å²) in [7, 11) is 0. The highest BCUT2D eigenvalue weighted by Gasteiger charge is 2.35. The van der Waals surface area contributed by atoms with Crippen molar-refractivity contribution >= 4 is 11.9 Å². The van der Waals surface area contributed by atoms with Gasteiger partial charge in [0.15, 0.2) is 11.5 Å². The highest BCUT2D eigenvalue weighted by Crippen LogP contribution is 2.38. The van der Waals surface area contributed by atoms with E-state index in [0.717, 1.165) is 18.4 Å². The molecule has 0 aliphatic carbocycles. The SMILES string of the molecule is C=CCOC(=O)C1=C(C)Nc2nnnn2C1c1ccc(OCCCC)c(OCC)c1. The molecule has 0 amide bonds. The average Bonchev–Trinajstić information content (AvgIpc) is 3.20. The number of allylic oxidation sites excluding steroid dienone is 1. The van der Waals surface area contributed by atoms with Crippen LogP contribution in [0.25, 0.3) is 0 Å². The number of nitrogens with one attached hydrogen (secondary N) is 1. The molecular formula is C21H27N5O4. The van der Waals surface area contributed by atoms with Gasteiger partial charge in [-0.25, -0.2) is 4.79 Å². The molecule has 0 spiro atoms. The van der Waals surface area contributed by atoms with Crippen LogP contribution in [0.2, 0.25) is 0 Å². The van der Waals surface area contributed by atoms with Crippen LogP contribution < -0.4 is 14.8 Å². The van der Waals surface area contributed by atoms with Gasteiger partial charge in [0, 0.05) is 5.70 Å². The number of fused-ring (bicyclic) bond motifs is 1. The molecule has 1 unspecified atom stereocenters. The molecule has 1 aliphatic heterocycles. The third-order valence-corrected chi connectivity index (χ3v) is 4.61. The summed E-state index contributed by atoms with van der Waals surface area (Å²) in [4.78, 5) is 12.8. The van der Waals surface area contributed by atoms with Crippen molar-refractivity contribution < 1.29 is 19.0 Å². The maximum absolute atomic E-state index is 12.8. The number of rotatable bonds is 10. The Morgan fingerprint density at radius 2 is 2.13 bits per heavy atom. The van der Waals surface area contributed by atoms with Crippen LogP contribution in [0.1, 0.15) is 45.2 Å². The van der Waals surface area contributed by atoms with Gasteiger partial charge in [0.25, 0.3) is 0 Å². The predicted molar refractivity (Wildman–Crippen MR) is 111 cm³/mol. The van der Waals surface area contributed by atoms with E-state index in [0.29, 0.717) is 41.9 Å². The number of esters is 1. The molecule has 0 radical (unpaired) electrons. The van der Waals surface area contributed by atoms with E-state index >= 15 is 0 Å². The molecular weight excluding hydrogens is 386 g/mol. The van der Waals surface area contributed by atoms with Crippen molar-refractivity contribution in [1.82, 2.24) is 20.2 Å². The average molecular weight is 413 g/mol. The van der Waals surface area contributed by atoms with Gasteiger partial charge in [-0.1, -0.05) is 37.2 Å². The Kier molecular flexibility index (Phi) is 7.05. The van der Waals surface area contributed by atoms with Gasteiger partial charge < -0.3 is 19.5 Å². The molecule has 3 rings (SSSR count). The van der Waals surface area contributed by atoms with E-state index < -0.39 is 12.0 Å². The Balaban J connectivity index is 2.02. The first-order valence-electron chi connectivity index (χ1n) is 10.0. The van der Waals surface area contributed by atoms with Gasteiger partial charge in [0.2, 0.25) is 5.95 Å². The molecule has 0 fully saturated rings.